The second-order valence-electron chi connectivity index (χ2n) is 2.86. The van der Waals surface area contributed by atoms with E-state index in [4.69, 9.17) is 10.5 Å². The fraction of sp³-hybridized carbons (Fsp3) is 0.778. The van der Waals surface area contributed by atoms with Crippen LogP contribution in [0, 0.1) is 0 Å². The highest BCUT2D eigenvalue weighted by Crippen LogP contribution is 1.95. The number of nitrogens with two attached hydrogens (primary N) is 1. The highest BCUT2D eigenvalue weighted by atomic mass is 16.5. The summed E-state index contributed by atoms with van der Waals surface area (Å²) in [6.45, 7) is 8.05. The zero-order chi connectivity index (χ0) is 8.53. The van der Waals surface area contributed by atoms with Crippen LogP contribution in [0.5, 0.6) is 0 Å². The number of hydrogen-bond donors (Lipinski definition) is 1. The van der Waals surface area contributed by atoms with E-state index in [9.17, 15) is 0 Å². The van der Waals surface area contributed by atoms with Crippen molar-refractivity contribution < 1.29 is 4.74 Å². The quantitative estimate of drug-likeness (QED) is 0.451. The Labute approximate surface area is 69.4 Å². The Morgan fingerprint density at radius 2 is 2.09 bits per heavy atom. The SMILES string of the molecule is C=C(C)COCCCCCN. The summed E-state index contributed by atoms with van der Waals surface area (Å²) in [7, 11) is 0. The van der Waals surface area contributed by atoms with Crippen molar-refractivity contribution in [1.82, 2.24) is 0 Å². The number of ether oxygens (including phenoxy) is 1. The van der Waals surface area contributed by atoms with Gasteiger partial charge >= 0.3 is 0 Å². The minimum absolute atomic E-state index is 0.697. The van der Waals surface area contributed by atoms with E-state index in [-0.39, 0.29) is 0 Å². The molecule has 0 aromatic carbocycles. The molecule has 0 rings (SSSR count). The van der Waals surface area contributed by atoms with Gasteiger partial charge in [-0.2, -0.15) is 0 Å². The summed E-state index contributed by atoms with van der Waals surface area (Å²) in [5, 5.41) is 0. The monoisotopic (exact) mass is 157 g/mol. The van der Waals surface area contributed by atoms with Crippen molar-refractivity contribution in [2.75, 3.05) is 19.8 Å². The highest BCUT2D eigenvalue weighted by molar-refractivity contribution is 4.87. The summed E-state index contributed by atoms with van der Waals surface area (Å²) < 4.78 is 5.30. The third kappa shape index (κ3) is 9.66. The second-order valence-corrected chi connectivity index (χ2v) is 2.86. The Morgan fingerprint density at radius 1 is 1.36 bits per heavy atom. The predicted octanol–water partition coefficient (Wildman–Crippen LogP) is 1.71. The summed E-state index contributed by atoms with van der Waals surface area (Å²) in [5.74, 6) is 0. The third-order valence-corrected chi connectivity index (χ3v) is 1.34. The molecule has 0 unspecified atom stereocenters. The molecule has 0 radical (unpaired) electrons. The summed E-state index contributed by atoms with van der Waals surface area (Å²) in [5.41, 5.74) is 6.42. The van der Waals surface area contributed by atoms with Crippen LogP contribution in [0.2, 0.25) is 0 Å². The number of rotatable bonds is 7. The molecule has 0 saturated heterocycles. The van der Waals surface area contributed by atoms with Crippen LogP contribution < -0.4 is 5.73 Å². The molecule has 0 fully saturated rings. The highest BCUT2D eigenvalue weighted by Gasteiger charge is 1.88. The van der Waals surface area contributed by atoms with Crippen LogP contribution in [0.1, 0.15) is 26.2 Å². The van der Waals surface area contributed by atoms with Crippen LogP contribution in [0.4, 0.5) is 0 Å². The van der Waals surface area contributed by atoms with Gasteiger partial charge in [0.2, 0.25) is 0 Å². The van der Waals surface area contributed by atoms with E-state index in [2.05, 4.69) is 6.58 Å². The van der Waals surface area contributed by atoms with E-state index in [0.29, 0.717) is 6.61 Å². The largest absolute Gasteiger partial charge is 0.377 e. The Bertz CT molecular complexity index is 102. The molecule has 0 heterocycles. The molecule has 0 atom stereocenters. The Kier molecular flexibility index (Phi) is 7.52. The summed E-state index contributed by atoms with van der Waals surface area (Å²) in [6, 6.07) is 0. The van der Waals surface area contributed by atoms with Gasteiger partial charge in [-0.15, -0.1) is 0 Å². The average Bonchev–Trinajstić information content (AvgIpc) is 1.96. The van der Waals surface area contributed by atoms with Crippen molar-refractivity contribution in [3.05, 3.63) is 12.2 Å². The van der Waals surface area contributed by atoms with E-state index >= 15 is 0 Å². The van der Waals surface area contributed by atoms with Gasteiger partial charge < -0.3 is 10.5 Å². The lowest BCUT2D eigenvalue weighted by molar-refractivity contribution is 0.151. The number of hydrogen-bond acceptors (Lipinski definition) is 2. The molecule has 0 aliphatic carbocycles. The lowest BCUT2D eigenvalue weighted by Crippen LogP contribution is -2.01. The van der Waals surface area contributed by atoms with Crippen molar-refractivity contribution in [2.45, 2.75) is 26.2 Å². The minimum Gasteiger partial charge on any atom is -0.377 e. The van der Waals surface area contributed by atoms with Crippen LogP contribution in [0.25, 0.3) is 0 Å². The lowest BCUT2D eigenvalue weighted by Gasteiger charge is -2.02. The van der Waals surface area contributed by atoms with Crippen LogP contribution in [0.15, 0.2) is 12.2 Å². The lowest BCUT2D eigenvalue weighted by atomic mass is 10.2. The van der Waals surface area contributed by atoms with Gasteiger partial charge in [0.25, 0.3) is 0 Å². The van der Waals surface area contributed by atoms with Gasteiger partial charge in [-0.1, -0.05) is 12.2 Å². The van der Waals surface area contributed by atoms with Crippen molar-refractivity contribution in [1.29, 1.82) is 0 Å². The van der Waals surface area contributed by atoms with E-state index < -0.39 is 0 Å². The minimum atomic E-state index is 0.697. The van der Waals surface area contributed by atoms with Gasteiger partial charge in [0.1, 0.15) is 0 Å². The molecule has 0 aromatic heterocycles. The maximum Gasteiger partial charge on any atom is 0.0671 e. The molecule has 0 spiro atoms. The van der Waals surface area contributed by atoms with Gasteiger partial charge in [0.05, 0.1) is 6.61 Å². The maximum absolute atomic E-state index is 5.34. The predicted molar refractivity (Wildman–Crippen MR) is 48.5 cm³/mol. The first-order chi connectivity index (χ1) is 5.27. The summed E-state index contributed by atoms with van der Waals surface area (Å²) in [4.78, 5) is 0. The molecule has 11 heavy (non-hydrogen) atoms. The molecule has 0 saturated carbocycles. The Morgan fingerprint density at radius 3 is 2.64 bits per heavy atom. The Hall–Kier alpha value is -0.340. The van der Waals surface area contributed by atoms with E-state index in [1.54, 1.807) is 0 Å². The summed E-state index contributed by atoms with van der Waals surface area (Å²) in [6.07, 6.45) is 3.40. The van der Waals surface area contributed by atoms with Crippen molar-refractivity contribution >= 4 is 0 Å². The molecule has 0 amide bonds. The molecule has 0 aromatic rings. The Balaban J connectivity index is 2.85. The van der Waals surface area contributed by atoms with Crippen LogP contribution in [-0.2, 0) is 4.74 Å². The van der Waals surface area contributed by atoms with Crippen LogP contribution in [-0.4, -0.2) is 19.8 Å². The molecule has 66 valence electrons. The van der Waals surface area contributed by atoms with Gasteiger partial charge in [-0.3, -0.25) is 0 Å². The molecule has 0 bridgehead atoms. The van der Waals surface area contributed by atoms with Crippen LogP contribution in [0.3, 0.4) is 0 Å². The fourth-order valence-electron chi connectivity index (χ4n) is 0.772. The van der Waals surface area contributed by atoms with Crippen LogP contribution >= 0.6 is 0 Å². The first-order valence-electron chi connectivity index (χ1n) is 4.19. The molecule has 0 aliphatic heterocycles. The first-order valence-corrected chi connectivity index (χ1v) is 4.19. The van der Waals surface area contributed by atoms with Gasteiger partial charge in [0.15, 0.2) is 0 Å². The molecule has 2 nitrogen and oxygen atoms in total. The zero-order valence-corrected chi connectivity index (χ0v) is 7.44. The van der Waals surface area contributed by atoms with Gasteiger partial charge in [-0.25, -0.2) is 0 Å². The molecular formula is C9H19NO. The van der Waals surface area contributed by atoms with Crippen molar-refractivity contribution in [2.24, 2.45) is 5.73 Å². The van der Waals surface area contributed by atoms with Crippen molar-refractivity contribution in [3.8, 4) is 0 Å². The molecule has 0 aliphatic rings. The molecule has 2 heteroatoms. The molecular weight excluding hydrogens is 138 g/mol. The van der Waals surface area contributed by atoms with E-state index in [1.807, 2.05) is 6.92 Å². The summed E-state index contributed by atoms with van der Waals surface area (Å²) >= 11 is 0. The standard InChI is InChI=1S/C9H19NO/c1-9(2)8-11-7-5-3-4-6-10/h1,3-8,10H2,2H3. The first kappa shape index (κ1) is 10.7. The zero-order valence-electron chi connectivity index (χ0n) is 7.44. The smallest absolute Gasteiger partial charge is 0.0671 e. The normalized spacial score (nSPS) is 10.0. The van der Waals surface area contributed by atoms with Gasteiger partial charge in [0, 0.05) is 6.61 Å². The van der Waals surface area contributed by atoms with Gasteiger partial charge in [-0.05, 0) is 32.7 Å². The molecule has 2 N–H and O–H groups in total. The fourth-order valence-corrected chi connectivity index (χ4v) is 0.772. The maximum atomic E-state index is 5.34. The second kappa shape index (κ2) is 7.76. The van der Waals surface area contributed by atoms with E-state index in [1.165, 1.54) is 6.42 Å². The number of unbranched alkanes of at least 4 members (excludes halogenated alkanes) is 2. The van der Waals surface area contributed by atoms with E-state index in [0.717, 1.165) is 31.6 Å². The topological polar surface area (TPSA) is 35.2 Å². The average molecular weight is 157 g/mol. The third-order valence-electron chi connectivity index (χ3n) is 1.34. The van der Waals surface area contributed by atoms with Crippen molar-refractivity contribution in [3.63, 3.8) is 0 Å².